The van der Waals surface area contributed by atoms with E-state index in [0.29, 0.717) is 32.6 Å². The lowest BCUT2D eigenvalue weighted by Gasteiger charge is -2.30. The maximum absolute atomic E-state index is 13.0. The largest absolute Gasteiger partial charge is 0.497 e. The Morgan fingerprint density at radius 2 is 1.53 bits per heavy atom. The zero-order valence-electron chi connectivity index (χ0n) is 19.4. The van der Waals surface area contributed by atoms with Gasteiger partial charge in [0.25, 0.3) is 0 Å². The first kappa shape index (κ1) is 24.0. The molecule has 1 heterocycles. The van der Waals surface area contributed by atoms with E-state index in [1.165, 1.54) is 0 Å². The summed E-state index contributed by atoms with van der Waals surface area (Å²) in [4.78, 5) is 29.3. The number of hydrogen-bond donors (Lipinski definition) is 0. The number of rotatable bonds is 4. The lowest BCUT2D eigenvalue weighted by molar-refractivity contribution is -0.161. The maximum Gasteiger partial charge on any atom is 0.410 e. The third-order valence-corrected chi connectivity index (χ3v) is 4.65. The van der Waals surface area contributed by atoms with Gasteiger partial charge in [0.15, 0.2) is 0 Å². The van der Waals surface area contributed by atoms with Gasteiger partial charge in [-0.3, -0.25) is 9.69 Å². The second-order valence-corrected chi connectivity index (χ2v) is 9.62. The van der Waals surface area contributed by atoms with E-state index in [1.807, 2.05) is 65.8 Å². The molecule has 7 nitrogen and oxygen atoms in total. The Morgan fingerprint density at radius 1 is 0.933 bits per heavy atom. The maximum atomic E-state index is 13.0. The Labute approximate surface area is 180 Å². The Balaban J connectivity index is 2.18. The number of carbonyl (C=O) groups excluding carboxylic acids is 2. The molecule has 0 spiro atoms. The van der Waals surface area contributed by atoms with Crippen LogP contribution in [0.2, 0.25) is 0 Å². The summed E-state index contributed by atoms with van der Waals surface area (Å²) >= 11 is 0. The molecule has 1 aliphatic heterocycles. The summed E-state index contributed by atoms with van der Waals surface area (Å²) in [6, 6.07) is 7.35. The van der Waals surface area contributed by atoms with E-state index < -0.39 is 17.2 Å². The van der Waals surface area contributed by atoms with Gasteiger partial charge in [-0.25, -0.2) is 4.79 Å². The molecule has 1 saturated heterocycles. The van der Waals surface area contributed by atoms with Gasteiger partial charge in [0, 0.05) is 26.2 Å². The molecule has 1 aromatic carbocycles. The number of benzene rings is 1. The van der Waals surface area contributed by atoms with Crippen LogP contribution in [0.15, 0.2) is 24.3 Å². The number of amides is 1. The van der Waals surface area contributed by atoms with Crippen LogP contribution < -0.4 is 4.74 Å². The van der Waals surface area contributed by atoms with Crippen LogP contribution in [0.5, 0.6) is 5.75 Å². The number of ether oxygens (including phenoxy) is 3. The van der Waals surface area contributed by atoms with Gasteiger partial charge in [-0.05, 0) is 65.7 Å². The van der Waals surface area contributed by atoms with E-state index in [9.17, 15) is 9.59 Å². The predicted molar refractivity (Wildman–Crippen MR) is 115 cm³/mol. The number of nitrogens with zero attached hydrogens (tertiary/aromatic N) is 2. The van der Waals surface area contributed by atoms with Crippen molar-refractivity contribution in [1.82, 2.24) is 9.80 Å². The molecule has 1 aromatic rings. The lowest BCUT2D eigenvalue weighted by Crippen LogP contribution is -2.44. The van der Waals surface area contributed by atoms with Gasteiger partial charge in [-0.1, -0.05) is 12.1 Å². The second-order valence-electron chi connectivity index (χ2n) is 9.62. The molecule has 1 atom stereocenters. The smallest absolute Gasteiger partial charge is 0.410 e. The van der Waals surface area contributed by atoms with E-state index in [4.69, 9.17) is 14.2 Å². The minimum atomic E-state index is -0.569. The number of methoxy groups -OCH3 is 1. The molecule has 0 bridgehead atoms. The zero-order chi connectivity index (χ0) is 22.5. The highest BCUT2D eigenvalue weighted by atomic mass is 16.6. The van der Waals surface area contributed by atoms with Crippen molar-refractivity contribution in [1.29, 1.82) is 0 Å². The second kappa shape index (κ2) is 9.69. The predicted octanol–water partition coefficient (Wildman–Crippen LogP) is 3.85. The van der Waals surface area contributed by atoms with Crippen LogP contribution in [-0.2, 0) is 20.8 Å². The van der Waals surface area contributed by atoms with Crippen molar-refractivity contribution in [3.05, 3.63) is 29.8 Å². The molecule has 0 aliphatic carbocycles. The summed E-state index contributed by atoms with van der Waals surface area (Å²) in [6.07, 6.45) is 0.140. The van der Waals surface area contributed by atoms with Gasteiger partial charge in [-0.15, -0.1) is 0 Å². The number of carbonyl (C=O) groups is 2. The van der Waals surface area contributed by atoms with Crippen LogP contribution in [-0.4, -0.2) is 65.9 Å². The summed E-state index contributed by atoms with van der Waals surface area (Å²) in [5.74, 6) is 0.524. The van der Waals surface area contributed by atoms with E-state index in [2.05, 4.69) is 4.90 Å². The first-order valence-electron chi connectivity index (χ1n) is 10.5. The summed E-state index contributed by atoms with van der Waals surface area (Å²) in [5.41, 5.74) is -0.0633. The highest BCUT2D eigenvalue weighted by Crippen LogP contribution is 2.21. The minimum Gasteiger partial charge on any atom is -0.497 e. The Hall–Kier alpha value is -2.28. The zero-order valence-corrected chi connectivity index (χ0v) is 19.4. The molecule has 0 radical (unpaired) electrons. The van der Waals surface area contributed by atoms with E-state index >= 15 is 0 Å². The van der Waals surface area contributed by atoms with Crippen LogP contribution in [0.25, 0.3) is 0 Å². The van der Waals surface area contributed by atoms with Crippen LogP contribution in [0.4, 0.5) is 4.79 Å². The van der Waals surface area contributed by atoms with E-state index in [1.54, 1.807) is 12.0 Å². The normalized spacial score (nSPS) is 18.5. The van der Waals surface area contributed by atoms with Crippen LogP contribution >= 0.6 is 0 Å². The van der Waals surface area contributed by atoms with Gasteiger partial charge in [0.1, 0.15) is 23.0 Å². The van der Waals surface area contributed by atoms with Crippen LogP contribution in [0, 0.1) is 0 Å². The summed E-state index contributed by atoms with van der Waals surface area (Å²) in [6.45, 7) is 13.2. The molecule has 7 heteroatoms. The molecule has 1 unspecified atom stereocenters. The molecule has 2 rings (SSSR count). The van der Waals surface area contributed by atoms with Crippen molar-refractivity contribution in [3.63, 3.8) is 0 Å². The quantitative estimate of drug-likeness (QED) is 0.689. The van der Waals surface area contributed by atoms with Crippen molar-refractivity contribution in [3.8, 4) is 5.75 Å². The van der Waals surface area contributed by atoms with Crippen LogP contribution in [0.1, 0.15) is 53.5 Å². The monoisotopic (exact) mass is 420 g/mol. The molecule has 1 fully saturated rings. The third-order valence-electron chi connectivity index (χ3n) is 4.65. The topological polar surface area (TPSA) is 68.3 Å². The molecule has 30 heavy (non-hydrogen) atoms. The van der Waals surface area contributed by atoms with E-state index in [-0.39, 0.29) is 12.1 Å². The van der Waals surface area contributed by atoms with Crippen molar-refractivity contribution in [2.75, 3.05) is 26.7 Å². The summed E-state index contributed by atoms with van der Waals surface area (Å²) in [7, 11) is 1.63. The van der Waals surface area contributed by atoms with Crippen molar-refractivity contribution in [2.24, 2.45) is 0 Å². The molecular formula is C23H36N2O5. The summed E-state index contributed by atoms with van der Waals surface area (Å²) < 4.78 is 16.4. The standard InChI is InChI=1S/C23H36N2O5/c1-22(2,3)29-20(26)19-12-13-24(21(27)30-23(4,5)6)14-15-25(19)16-17-8-10-18(28-7)11-9-17/h8-11,19H,12-16H2,1-7H3. The first-order chi connectivity index (χ1) is 13.9. The van der Waals surface area contributed by atoms with Crippen LogP contribution in [0.3, 0.4) is 0 Å². The fourth-order valence-corrected chi connectivity index (χ4v) is 3.28. The highest BCUT2D eigenvalue weighted by molar-refractivity contribution is 5.76. The Morgan fingerprint density at radius 3 is 2.07 bits per heavy atom. The number of esters is 1. The fraction of sp³-hybridized carbons (Fsp3) is 0.652. The van der Waals surface area contributed by atoms with Gasteiger partial charge in [0.05, 0.1) is 7.11 Å². The van der Waals surface area contributed by atoms with Crippen molar-refractivity contribution >= 4 is 12.1 Å². The van der Waals surface area contributed by atoms with Gasteiger partial charge >= 0.3 is 12.1 Å². The number of hydrogen-bond acceptors (Lipinski definition) is 6. The molecule has 168 valence electrons. The summed E-state index contributed by atoms with van der Waals surface area (Å²) in [5, 5.41) is 0. The Bertz CT molecular complexity index is 719. The minimum absolute atomic E-state index is 0.262. The van der Waals surface area contributed by atoms with Gasteiger partial charge in [-0.2, -0.15) is 0 Å². The van der Waals surface area contributed by atoms with Gasteiger partial charge < -0.3 is 19.1 Å². The molecule has 0 N–H and O–H groups in total. The van der Waals surface area contributed by atoms with E-state index in [0.717, 1.165) is 11.3 Å². The lowest BCUT2D eigenvalue weighted by atomic mass is 10.1. The molecule has 1 aliphatic rings. The average Bonchev–Trinajstić information content (AvgIpc) is 2.82. The third kappa shape index (κ3) is 7.52. The van der Waals surface area contributed by atoms with Crippen molar-refractivity contribution < 1.29 is 23.8 Å². The Kier molecular flexibility index (Phi) is 7.75. The first-order valence-corrected chi connectivity index (χ1v) is 10.5. The molecule has 0 saturated carbocycles. The molecular weight excluding hydrogens is 384 g/mol. The molecule has 0 aromatic heterocycles. The van der Waals surface area contributed by atoms with Gasteiger partial charge in [0.2, 0.25) is 0 Å². The fourth-order valence-electron chi connectivity index (χ4n) is 3.28. The SMILES string of the molecule is COc1ccc(CN2CCN(C(=O)OC(C)(C)C)CCC2C(=O)OC(C)(C)C)cc1. The average molecular weight is 421 g/mol. The molecule has 1 amide bonds. The highest BCUT2D eigenvalue weighted by Gasteiger charge is 2.35. The van der Waals surface area contributed by atoms with Crippen molar-refractivity contribution in [2.45, 2.75) is 71.8 Å².